The summed E-state index contributed by atoms with van der Waals surface area (Å²) in [4.78, 5) is 28.9. The molecule has 7 nitrogen and oxygen atoms in total. The molecular formula is C22H26N2O5S. The highest BCUT2D eigenvalue weighted by molar-refractivity contribution is 7.17. The fourth-order valence-corrected chi connectivity index (χ4v) is 5.15. The molecule has 1 N–H and O–H groups in total. The molecule has 0 radical (unpaired) electrons. The van der Waals surface area contributed by atoms with E-state index in [9.17, 15) is 9.59 Å². The van der Waals surface area contributed by atoms with E-state index in [-0.39, 0.29) is 18.4 Å². The van der Waals surface area contributed by atoms with Gasteiger partial charge >= 0.3 is 0 Å². The van der Waals surface area contributed by atoms with Crippen LogP contribution in [0.5, 0.6) is 11.5 Å². The maximum absolute atomic E-state index is 13.3. The summed E-state index contributed by atoms with van der Waals surface area (Å²) in [6, 6.07) is 7.19. The summed E-state index contributed by atoms with van der Waals surface area (Å²) in [5, 5.41) is 3.56. The smallest absolute Gasteiger partial charge is 0.262 e. The van der Waals surface area contributed by atoms with Crippen molar-refractivity contribution in [2.24, 2.45) is 0 Å². The van der Waals surface area contributed by atoms with Gasteiger partial charge in [0, 0.05) is 18.0 Å². The number of hydrogen-bond acceptors (Lipinski definition) is 6. The van der Waals surface area contributed by atoms with E-state index >= 15 is 0 Å². The van der Waals surface area contributed by atoms with Gasteiger partial charge in [-0.15, -0.1) is 11.3 Å². The van der Waals surface area contributed by atoms with Crippen LogP contribution in [0.4, 0.5) is 5.00 Å². The van der Waals surface area contributed by atoms with Gasteiger partial charge in [0.15, 0.2) is 18.1 Å². The number of hydrogen-bond donors (Lipinski definition) is 1. The van der Waals surface area contributed by atoms with Crippen LogP contribution in [0.2, 0.25) is 0 Å². The first kappa shape index (κ1) is 20.7. The molecule has 0 bridgehead atoms. The predicted octanol–water partition coefficient (Wildman–Crippen LogP) is 3.13. The van der Waals surface area contributed by atoms with Crippen molar-refractivity contribution in [3.63, 3.8) is 0 Å². The molecular weight excluding hydrogens is 404 g/mol. The van der Waals surface area contributed by atoms with Gasteiger partial charge in [0.25, 0.3) is 11.8 Å². The lowest BCUT2D eigenvalue weighted by atomic mass is 9.95. The van der Waals surface area contributed by atoms with Crippen molar-refractivity contribution >= 4 is 28.2 Å². The molecule has 2 aromatic rings. The summed E-state index contributed by atoms with van der Waals surface area (Å²) in [6.45, 7) is 2.09. The van der Waals surface area contributed by atoms with Crippen LogP contribution in [0.3, 0.4) is 0 Å². The number of benzene rings is 1. The number of ether oxygens (including phenoxy) is 3. The molecule has 2 amide bonds. The van der Waals surface area contributed by atoms with Gasteiger partial charge in [-0.2, -0.15) is 0 Å². The molecule has 160 valence electrons. The quantitative estimate of drug-likeness (QED) is 0.762. The zero-order valence-corrected chi connectivity index (χ0v) is 17.9. The van der Waals surface area contributed by atoms with Crippen molar-refractivity contribution in [3.8, 4) is 11.5 Å². The number of para-hydroxylation sites is 2. The number of rotatable bonds is 6. The van der Waals surface area contributed by atoms with E-state index in [1.807, 2.05) is 17.0 Å². The van der Waals surface area contributed by atoms with Crippen molar-refractivity contribution in [3.05, 3.63) is 40.3 Å². The average Bonchev–Trinajstić information content (AvgIpc) is 3.15. The molecule has 1 saturated heterocycles. The van der Waals surface area contributed by atoms with Gasteiger partial charge < -0.3 is 24.4 Å². The summed E-state index contributed by atoms with van der Waals surface area (Å²) in [6.07, 6.45) is 4.02. The third-order valence-corrected chi connectivity index (χ3v) is 6.57. The zero-order chi connectivity index (χ0) is 20.9. The van der Waals surface area contributed by atoms with Crippen LogP contribution in [0, 0.1) is 0 Å². The number of aryl methyl sites for hydroxylation is 1. The van der Waals surface area contributed by atoms with Gasteiger partial charge in [-0.25, -0.2) is 0 Å². The van der Waals surface area contributed by atoms with Crippen molar-refractivity contribution in [2.45, 2.75) is 25.7 Å². The Kier molecular flexibility index (Phi) is 6.54. The number of anilines is 1. The summed E-state index contributed by atoms with van der Waals surface area (Å²) < 4.78 is 16.3. The number of carbonyl (C=O) groups excluding carboxylic acids is 2. The van der Waals surface area contributed by atoms with Crippen LogP contribution >= 0.6 is 11.3 Å². The second-order valence-electron chi connectivity index (χ2n) is 7.31. The van der Waals surface area contributed by atoms with Crippen molar-refractivity contribution in [1.82, 2.24) is 4.90 Å². The van der Waals surface area contributed by atoms with Crippen LogP contribution in [0.15, 0.2) is 24.3 Å². The molecule has 1 fully saturated rings. The molecule has 1 aliphatic heterocycles. The number of methoxy groups -OCH3 is 1. The Morgan fingerprint density at radius 1 is 1.13 bits per heavy atom. The first-order valence-electron chi connectivity index (χ1n) is 10.2. The number of thiophene rings is 1. The van der Waals surface area contributed by atoms with Gasteiger partial charge in [0.2, 0.25) is 0 Å². The number of morpholine rings is 1. The van der Waals surface area contributed by atoms with Gasteiger partial charge in [0.1, 0.15) is 5.00 Å². The molecule has 1 aliphatic carbocycles. The predicted molar refractivity (Wildman–Crippen MR) is 115 cm³/mol. The van der Waals surface area contributed by atoms with E-state index in [0.29, 0.717) is 48.4 Å². The van der Waals surface area contributed by atoms with Crippen LogP contribution in [0.25, 0.3) is 0 Å². The Morgan fingerprint density at radius 3 is 2.63 bits per heavy atom. The van der Waals surface area contributed by atoms with E-state index in [2.05, 4.69) is 5.32 Å². The summed E-state index contributed by atoms with van der Waals surface area (Å²) in [5.74, 6) is 0.763. The number of amides is 2. The summed E-state index contributed by atoms with van der Waals surface area (Å²) >= 11 is 1.52. The van der Waals surface area contributed by atoms with E-state index in [1.54, 1.807) is 19.2 Å². The molecule has 8 heteroatoms. The minimum absolute atomic E-state index is 0.0151. The first-order valence-corrected chi connectivity index (χ1v) is 11.1. The molecule has 0 saturated carbocycles. The lowest BCUT2D eigenvalue weighted by Crippen LogP contribution is -2.41. The molecule has 2 aliphatic rings. The summed E-state index contributed by atoms with van der Waals surface area (Å²) in [7, 11) is 1.56. The minimum atomic E-state index is -0.296. The molecule has 0 atom stereocenters. The second kappa shape index (κ2) is 9.49. The molecule has 0 unspecified atom stereocenters. The lowest BCUT2D eigenvalue weighted by Gasteiger charge is -2.27. The number of nitrogens with zero attached hydrogens (tertiary/aromatic N) is 1. The van der Waals surface area contributed by atoms with Crippen molar-refractivity contribution < 1.29 is 23.8 Å². The molecule has 1 aromatic heterocycles. The topological polar surface area (TPSA) is 77.1 Å². The van der Waals surface area contributed by atoms with Gasteiger partial charge in [-0.1, -0.05) is 12.1 Å². The third kappa shape index (κ3) is 4.44. The van der Waals surface area contributed by atoms with Gasteiger partial charge in [-0.3, -0.25) is 9.59 Å². The Hall–Kier alpha value is -2.58. The maximum Gasteiger partial charge on any atom is 0.262 e. The SMILES string of the molecule is COc1ccccc1OCC(=O)Nc1sc2c(c1C(=O)N1CCOCC1)CCCC2. The van der Waals surface area contributed by atoms with E-state index in [1.165, 1.54) is 16.2 Å². The van der Waals surface area contributed by atoms with Crippen molar-refractivity contribution in [1.29, 1.82) is 0 Å². The van der Waals surface area contributed by atoms with Crippen LogP contribution in [0.1, 0.15) is 33.6 Å². The Morgan fingerprint density at radius 2 is 1.87 bits per heavy atom. The van der Waals surface area contributed by atoms with E-state index < -0.39 is 0 Å². The highest BCUT2D eigenvalue weighted by Gasteiger charge is 2.30. The summed E-state index contributed by atoms with van der Waals surface area (Å²) in [5.41, 5.74) is 1.76. The number of fused-ring (bicyclic) bond motifs is 1. The molecule has 1 aromatic carbocycles. The Bertz CT molecular complexity index is 920. The normalized spacial score (nSPS) is 16.0. The van der Waals surface area contributed by atoms with E-state index in [0.717, 1.165) is 31.2 Å². The fraction of sp³-hybridized carbons (Fsp3) is 0.455. The van der Waals surface area contributed by atoms with E-state index in [4.69, 9.17) is 14.2 Å². The standard InChI is InChI=1S/C22H26N2O5S/c1-27-16-7-3-4-8-17(16)29-14-19(25)23-21-20(15-6-2-5-9-18(15)30-21)22(26)24-10-12-28-13-11-24/h3-4,7-8H,2,5-6,9-14H2,1H3,(H,23,25). The van der Waals surface area contributed by atoms with Crippen molar-refractivity contribution in [2.75, 3.05) is 45.3 Å². The largest absolute Gasteiger partial charge is 0.493 e. The number of carbonyl (C=O) groups is 2. The Balaban J connectivity index is 1.51. The highest BCUT2D eigenvalue weighted by atomic mass is 32.1. The van der Waals surface area contributed by atoms with Gasteiger partial charge in [0.05, 0.1) is 25.9 Å². The Labute approximate surface area is 179 Å². The first-order chi connectivity index (χ1) is 14.7. The maximum atomic E-state index is 13.3. The third-order valence-electron chi connectivity index (χ3n) is 5.36. The lowest BCUT2D eigenvalue weighted by molar-refractivity contribution is -0.118. The minimum Gasteiger partial charge on any atom is -0.493 e. The van der Waals surface area contributed by atoms with Crippen LogP contribution in [-0.4, -0.2) is 56.7 Å². The average molecular weight is 431 g/mol. The molecule has 2 heterocycles. The zero-order valence-electron chi connectivity index (χ0n) is 17.1. The molecule has 0 spiro atoms. The monoisotopic (exact) mass is 430 g/mol. The highest BCUT2D eigenvalue weighted by Crippen LogP contribution is 2.39. The number of nitrogens with one attached hydrogen (secondary N) is 1. The molecule has 4 rings (SSSR count). The fourth-order valence-electron chi connectivity index (χ4n) is 3.85. The second-order valence-corrected chi connectivity index (χ2v) is 8.41. The molecule has 30 heavy (non-hydrogen) atoms. The van der Waals surface area contributed by atoms with Gasteiger partial charge in [-0.05, 0) is 43.4 Å². The van der Waals surface area contributed by atoms with Crippen LogP contribution in [-0.2, 0) is 22.4 Å². The van der Waals surface area contributed by atoms with Crippen LogP contribution < -0.4 is 14.8 Å².